The summed E-state index contributed by atoms with van der Waals surface area (Å²) in [6.45, 7) is 12.4. The quantitative estimate of drug-likeness (QED) is 0.524. The maximum absolute atomic E-state index is 12.8. The van der Waals surface area contributed by atoms with Crippen LogP contribution in [0, 0.1) is 23.2 Å². The molecule has 0 spiro atoms. The van der Waals surface area contributed by atoms with Crippen molar-refractivity contribution in [1.82, 2.24) is 9.80 Å². The first kappa shape index (κ1) is 20.1. The summed E-state index contributed by atoms with van der Waals surface area (Å²) >= 11 is 0. The number of ether oxygens (including phenoxy) is 1. The summed E-state index contributed by atoms with van der Waals surface area (Å²) < 4.78 is 5.98. The van der Waals surface area contributed by atoms with Gasteiger partial charge in [0.05, 0.1) is 5.92 Å². The summed E-state index contributed by atoms with van der Waals surface area (Å²) in [4.78, 5) is 18.1. The molecule has 3 aliphatic carbocycles. The van der Waals surface area contributed by atoms with Crippen LogP contribution in [0.15, 0.2) is 12.2 Å². The van der Waals surface area contributed by atoms with Gasteiger partial charge in [-0.25, -0.2) is 0 Å². The Morgan fingerprint density at radius 3 is 2.62 bits per heavy atom. The van der Waals surface area contributed by atoms with Crippen molar-refractivity contribution in [1.29, 1.82) is 0 Å². The Balaban J connectivity index is 1.20. The number of hydrogen-bond donors (Lipinski definition) is 0. The minimum absolute atomic E-state index is 0.0838. The number of piperazine rings is 1. The molecule has 0 aromatic rings. The number of fused-ring (bicyclic) bond motifs is 2. The molecule has 5 rings (SSSR count). The van der Waals surface area contributed by atoms with Gasteiger partial charge in [-0.05, 0) is 56.3 Å². The molecule has 162 valence electrons. The number of rotatable bonds is 3. The van der Waals surface area contributed by atoms with E-state index in [-0.39, 0.29) is 18.0 Å². The van der Waals surface area contributed by atoms with Gasteiger partial charge in [-0.2, -0.15) is 0 Å². The van der Waals surface area contributed by atoms with Crippen LogP contribution in [-0.2, 0) is 9.53 Å². The van der Waals surface area contributed by atoms with Crippen LogP contribution in [0.25, 0.3) is 0 Å². The van der Waals surface area contributed by atoms with Gasteiger partial charge >= 0.3 is 5.97 Å². The van der Waals surface area contributed by atoms with Crippen LogP contribution in [0.3, 0.4) is 0 Å². The molecule has 0 N–H and O–H groups in total. The normalized spacial score (nSPS) is 42.4. The molecule has 5 aliphatic rings. The van der Waals surface area contributed by atoms with Crippen molar-refractivity contribution in [2.45, 2.75) is 83.3 Å². The molecule has 4 nitrogen and oxygen atoms in total. The smallest absolute Gasteiger partial charge is 0.310 e. The summed E-state index contributed by atoms with van der Waals surface area (Å²) in [5, 5.41) is 0. The van der Waals surface area contributed by atoms with E-state index in [9.17, 15) is 4.79 Å². The molecule has 3 saturated carbocycles. The number of esters is 1. The van der Waals surface area contributed by atoms with E-state index in [2.05, 4.69) is 23.3 Å². The Kier molecular flexibility index (Phi) is 5.53. The van der Waals surface area contributed by atoms with E-state index in [0.29, 0.717) is 17.3 Å². The van der Waals surface area contributed by atoms with Crippen LogP contribution in [0.4, 0.5) is 0 Å². The van der Waals surface area contributed by atoms with Gasteiger partial charge < -0.3 is 4.74 Å². The Morgan fingerprint density at radius 1 is 1.10 bits per heavy atom. The molecule has 5 atom stereocenters. The van der Waals surface area contributed by atoms with Gasteiger partial charge in [0.1, 0.15) is 6.10 Å². The first-order chi connectivity index (χ1) is 14.0. The zero-order chi connectivity index (χ0) is 20.0. The number of carbonyl (C=O) groups is 1. The maximum atomic E-state index is 12.8. The first-order valence-corrected chi connectivity index (χ1v) is 12.4. The minimum Gasteiger partial charge on any atom is -0.462 e. The monoisotopic (exact) mass is 400 g/mol. The van der Waals surface area contributed by atoms with Gasteiger partial charge in [0.2, 0.25) is 0 Å². The third-order valence-electron chi connectivity index (χ3n) is 9.27. The molecule has 0 radical (unpaired) electrons. The van der Waals surface area contributed by atoms with Crippen LogP contribution in [0.1, 0.15) is 71.1 Å². The van der Waals surface area contributed by atoms with Crippen molar-refractivity contribution in [3.8, 4) is 0 Å². The van der Waals surface area contributed by atoms with Crippen molar-refractivity contribution in [3.63, 3.8) is 0 Å². The Morgan fingerprint density at radius 2 is 1.86 bits per heavy atom. The van der Waals surface area contributed by atoms with E-state index in [0.717, 1.165) is 38.5 Å². The summed E-state index contributed by atoms with van der Waals surface area (Å²) in [6.07, 6.45) is 13.1. The van der Waals surface area contributed by atoms with Gasteiger partial charge in [-0.1, -0.05) is 38.3 Å². The molecule has 0 bridgehead atoms. The average molecular weight is 401 g/mol. The third kappa shape index (κ3) is 3.80. The lowest BCUT2D eigenvalue weighted by molar-refractivity contribution is -0.146. The van der Waals surface area contributed by atoms with Crippen molar-refractivity contribution < 1.29 is 9.53 Å². The van der Waals surface area contributed by atoms with E-state index in [1.54, 1.807) is 0 Å². The van der Waals surface area contributed by atoms with E-state index in [1.165, 1.54) is 70.0 Å². The van der Waals surface area contributed by atoms with Crippen LogP contribution in [-0.4, -0.2) is 60.6 Å². The highest BCUT2D eigenvalue weighted by atomic mass is 16.6. The van der Waals surface area contributed by atoms with E-state index >= 15 is 0 Å². The number of nitrogens with zero attached hydrogens (tertiary/aromatic N) is 2. The number of allylic oxidation sites excluding steroid dienone is 1. The maximum Gasteiger partial charge on any atom is 0.310 e. The summed E-state index contributed by atoms with van der Waals surface area (Å²) in [5.74, 6) is 1.17. The van der Waals surface area contributed by atoms with Crippen LogP contribution >= 0.6 is 0 Å². The van der Waals surface area contributed by atoms with Crippen molar-refractivity contribution in [2.24, 2.45) is 23.2 Å². The van der Waals surface area contributed by atoms with Crippen molar-refractivity contribution >= 4 is 5.97 Å². The lowest BCUT2D eigenvalue weighted by Gasteiger charge is -2.50. The second-order valence-corrected chi connectivity index (χ2v) is 11.0. The molecule has 2 aliphatic heterocycles. The van der Waals surface area contributed by atoms with Gasteiger partial charge in [0, 0.05) is 44.7 Å². The molecule has 5 fully saturated rings. The van der Waals surface area contributed by atoms with Gasteiger partial charge in [0.25, 0.3) is 0 Å². The minimum atomic E-state index is 0.0838. The van der Waals surface area contributed by atoms with Gasteiger partial charge in [-0.3, -0.25) is 14.6 Å². The van der Waals surface area contributed by atoms with E-state index in [4.69, 9.17) is 4.74 Å². The summed E-state index contributed by atoms with van der Waals surface area (Å²) in [6, 6.07) is 0.820. The van der Waals surface area contributed by atoms with Crippen LogP contribution in [0.5, 0.6) is 0 Å². The van der Waals surface area contributed by atoms with E-state index < -0.39 is 0 Å². The molecule has 0 aromatic heterocycles. The highest BCUT2D eigenvalue weighted by Crippen LogP contribution is 2.56. The number of carbonyl (C=O) groups excluding carboxylic acids is 1. The highest BCUT2D eigenvalue weighted by molar-refractivity contribution is 5.75. The molecule has 2 heterocycles. The molecule has 4 heteroatoms. The van der Waals surface area contributed by atoms with Crippen LogP contribution in [0.2, 0.25) is 0 Å². The lowest BCUT2D eigenvalue weighted by atomic mass is 9.55. The SMILES string of the molecule is C=C1CCCC2(C)CC3OC(=O)C(CN4CCN(C5CCCCC5)CC4)C3CC12. The van der Waals surface area contributed by atoms with Crippen molar-refractivity contribution in [3.05, 3.63) is 12.2 Å². The molecule has 29 heavy (non-hydrogen) atoms. The molecule has 0 aromatic carbocycles. The standard InChI is InChI=1S/C25H40N2O2/c1-18-7-6-10-25(2)16-23-20(15-22(18)25)21(24(28)29-23)17-26-11-13-27(14-12-26)19-8-4-3-5-9-19/h19-23H,1,3-17H2,2H3. The van der Waals surface area contributed by atoms with Crippen molar-refractivity contribution in [2.75, 3.05) is 32.7 Å². The molecule has 2 saturated heterocycles. The Labute approximate surface area is 177 Å². The Bertz CT molecular complexity index is 635. The van der Waals surface area contributed by atoms with Crippen LogP contribution < -0.4 is 0 Å². The fourth-order valence-electron chi connectivity index (χ4n) is 7.50. The number of hydrogen-bond acceptors (Lipinski definition) is 4. The fraction of sp³-hybridized carbons (Fsp3) is 0.880. The molecular weight excluding hydrogens is 360 g/mol. The lowest BCUT2D eigenvalue weighted by Crippen LogP contribution is -2.52. The van der Waals surface area contributed by atoms with Gasteiger partial charge in [0.15, 0.2) is 0 Å². The molecule has 5 unspecified atom stereocenters. The second-order valence-electron chi connectivity index (χ2n) is 11.0. The second kappa shape index (κ2) is 8.00. The largest absolute Gasteiger partial charge is 0.462 e. The highest BCUT2D eigenvalue weighted by Gasteiger charge is 2.55. The first-order valence-electron chi connectivity index (χ1n) is 12.4. The third-order valence-corrected chi connectivity index (χ3v) is 9.27. The molecular formula is C25H40N2O2. The topological polar surface area (TPSA) is 32.8 Å². The average Bonchev–Trinajstić information content (AvgIpc) is 3.01. The zero-order valence-electron chi connectivity index (χ0n) is 18.4. The van der Waals surface area contributed by atoms with E-state index in [1.807, 2.05) is 0 Å². The predicted octanol–water partition coefficient (Wildman–Crippen LogP) is 4.25. The predicted molar refractivity (Wildman–Crippen MR) is 116 cm³/mol. The zero-order valence-corrected chi connectivity index (χ0v) is 18.4. The fourth-order valence-corrected chi connectivity index (χ4v) is 7.50. The molecule has 0 amide bonds. The van der Waals surface area contributed by atoms with Gasteiger partial charge in [-0.15, -0.1) is 0 Å². The summed E-state index contributed by atoms with van der Waals surface area (Å²) in [5.41, 5.74) is 1.74. The summed E-state index contributed by atoms with van der Waals surface area (Å²) in [7, 11) is 0. The Hall–Kier alpha value is -0.870.